The van der Waals surface area contributed by atoms with Crippen LogP contribution in [0.4, 0.5) is 5.69 Å². The molecule has 2 aromatic carbocycles. The Hall–Kier alpha value is -2.61. The molecule has 0 bridgehead atoms. The number of carbonyl (C=O) groups is 1. The Morgan fingerprint density at radius 1 is 1.12 bits per heavy atom. The van der Waals surface area contributed by atoms with Gasteiger partial charge in [0.15, 0.2) is 11.5 Å². The Bertz CT molecular complexity index is 1130. The molecule has 0 aliphatic carbocycles. The van der Waals surface area contributed by atoms with Crippen LogP contribution in [0.2, 0.25) is 5.02 Å². The van der Waals surface area contributed by atoms with E-state index in [-0.39, 0.29) is 5.91 Å². The van der Waals surface area contributed by atoms with Crippen molar-refractivity contribution >= 4 is 34.5 Å². The van der Waals surface area contributed by atoms with E-state index in [1.165, 1.54) is 11.3 Å². The molecule has 1 amide bonds. The molecule has 4 rings (SSSR count). The monoisotopic (exact) mass is 499 g/mol. The van der Waals surface area contributed by atoms with Crippen molar-refractivity contribution in [3.63, 3.8) is 0 Å². The minimum atomic E-state index is -0.0334. The molecule has 0 radical (unpaired) electrons. The van der Waals surface area contributed by atoms with Gasteiger partial charge >= 0.3 is 0 Å². The number of fused-ring (bicyclic) bond motifs is 1. The molecule has 0 saturated heterocycles. The van der Waals surface area contributed by atoms with E-state index in [1.54, 1.807) is 12.0 Å². The molecule has 0 saturated carbocycles. The Balaban J connectivity index is 1.46. The maximum Gasteiger partial charge on any atom is 0.270 e. The fourth-order valence-electron chi connectivity index (χ4n) is 4.05. The Morgan fingerprint density at radius 2 is 1.88 bits per heavy atom. The third-order valence-corrected chi connectivity index (χ3v) is 7.42. The third kappa shape index (κ3) is 5.37. The maximum atomic E-state index is 13.3. The average molecular weight is 500 g/mol. The fourth-order valence-corrected chi connectivity index (χ4v) is 5.24. The van der Waals surface area contributed by atoms with Crippen LogP contribution < -0.4 is 14.4 Å². The van der Waals surface area contributed by atoms with Crippen LogP contribution in [0.5, 0.6) is 11.5 Å². The third-order valence-electron chi connectivity index (χ3n) is 6.03. The Kier molecular flexibility index (Phi) is 8.08. The van der Waals surface area contributed by atoms with Crippen LogP contribution >= 0.6 is 22.9 Å². The van der Waals surface area contributed by atoms with Crippen molar-refractivity contribution in [1.29, 1.82) is 0 Å². The summed E-state index contributed by atoms with van der Waals surface area (Å²) < 4.78 is 11.6. The van der Waals surface area contributed by atoms with Crippen LogP contribution in [0, 0.1) is 0 Å². The van der Waals surface area contributed by atoms with Gasteiger partial charge in [0.1, 0.15) is 9.88 Å². The van der Waals surface area contributed by atoms with Gasteiger partial charge in [-0.15, -0.1) is 11.3 Å². The van der Waals surface area contributed by atoms with Crippen molar-refractivity contribution in [2.45, 2.75) is 26.7 Å². The van der Waals surface area contributed by atoms with Gasteiger partial charge < -0.3 is 19.3 Å². The maximum absolute atomic E-state index is 13.3. The number of carbonyl (C=O) groups excluding carboxylic acids is 1. The number of anilines is 1. The minimum Gasteiger partial charge on any atom is -0.493 e. The van der Waals surface area contributed by atoms with Gasteiger partial charge in [0.2, 0.25) is 0 Å². The number of thiazole rings is 1. The van der Waals surface area contributed by atoms with Gasteiger partial charge in [-0.3, -0.25) is 4.79 Å². The number of benzene rings is 2. The number of amides is 1. The molecule has 3 aromatic rings. The smallest absolute Gasteiger partial charge is 0.270 e. The second kappa shape index (κ2) is 11.2. The lowest BCUT2D eigenvalue weighted by atomic mass is 10.1. The predicted octanol–water partition coefficient (Wildman–Crippen LogP) is 5.79. The molecule has 6 nitrogen and oxygen atoms in total. The molecule has 1 aliphatic heterocycles. The van der Waals surface area contributed by atoms with Gasteiger partial charge in [0.05, 0.1) is 19.4 Å². The number of methoxy groups -OCH3 is 1. The zero-order valence-corrected chi connectivity index (χ0v) is 21.4. The fraction of sp³-hybridized carbons (Fsp3) is 0.385. The van der Waals surface area contributed by atoms with Gasteiger partial charge in [0, 0.05) is 41.9 Å². The molecular weight excluding hydrogens is 470 g/mol. The van der Waals surface area contributed by atoms with Crippen LogP contribution in [0.1, 0.15) is 35.6 Å². The quantitative estimate of drug-likeness (QED) is 0.331. The summed E-state index contributed by atoms with van der Waals surface area (Å²) >= 11 is 7.44. The van der Waals surface area contributed by atoms with Crippen LogP contribution in [0.25, 0.3) is 10.6 Å². The Morgan fingerprint density at radius 3 is 2.59 bits per heavy atom. The second-order valence-electron chi connectivity index (χ2n) is 8.07. The van der Waals surface area contributed by atoms with E-state index in [0.29, 0.717) is 41.0 Å². The first kappa shape index (κ1) is 24.5. The van der Waals surface area contributed by atoms with Crippen LogP contribution in [0.3, 0.4) is 0 Å². The number of hydrogen-bond donors (Lipinski definition) is 0. The van der Waals surface area contributed by atoms with E-state index in [2.05, 4.69) is 18.7 Å². The van der Waals surface area contributed by atoms with Crippen LogP contribution in [-0.4, -0.2) is 55.7 Å². The standard InChI is InChI=1S/C26H30ClN3O3S/c1-4-29(5-2)14-6-16-33-22-12-11-20(17-23(22)32-3)30-15-13-21-24(26(30)31)34-25(28-21)18-7-9-19(27)10-8-18/h7-12,17H,4-6,13-16H2,1-3H3. The van der Waals surface area contributed by atoms with E-state index in [9.17, 15) is 4.79 Å². The highest BCUT2D eigenvalue weighted by Crippen LogP contribution is 2.36. The van der Waals surface area contributed by atoms with Crippen molar-refractivity contribution in [2.24, 2.45) is 0 Å². The molecule has 2 heterocycles. The highest BCUT2D eigenvalue weighted by molar-refractivity contribution is 7.17. The summed E-state index contributed by atoms with van der Waals surface area (Å²) in [6, 6.07) is 13.2. The lowest BCUT2D eigenvalue weighted by molar-refractivity contribution is 0.0984. The van der Waals surface area contributed by atoms with Crippen molar-refractivity contribution in [2.75, 3.05) is 44.8 Å². The van der Waals surface area contributed by atoms with Crippen molar-refractivity contribution in [1.82, 2.24) is 9.88 Å². The number of halogens is 1. The molecule has 1 aliphatic rings. The molecule has 8 heteroatoms. The first-order valence-corrected chi connectivity index (χ1v) is 12.8. The molecule has 0 fully saturated rings. The van der Waals surface area contributed by atoms with Gasteiger partial charge in [-0.25, -0.2) is 4.98 Å². The topological polar surface area (TPSA) is 54.9 Å². The first-order chi connectivity index (χ1) is 16.5. The lowest BCUT2D eigenvalue weighted by Crippen LogP contribution is -2.36. The van der Waals surface area contributed by atoms with Crippen LogP contribution in [-0.2, 0) is 6.42 Å². The molecule has 0 N–H and O–H groups in total. The van der Waals surface area contributed by atoms with Gasteiger partial charge in [-0.1, -0.05) is 37.6 Å². The zero-order valence-electron chi connectivity index (χ0n) is 19.8. The zero-order chi connectivity index (χ0) is 24.1. The number of aromatic nitrogens is 1. The molecule has 0 atom stereocenters. The molecule has 180 valence electrons. The molecule has 0 unspecified atom stereocenters. The van der Waals surface area contributed by atoms with Crippen molar-refractivity contribution in [3.05, 3.63) is 58.1 Å². The highest BCUT2D eigenvalue weighted by atomic mass is 35.5. The summed E-state index contributed by atoms with van der Waals surface area (Å²) in [5, 5.41) is 1.51. The van der Waals surface area contributed by atoms with E-state index in [0.717, 1.165) is 48.0 Å². The summed E-state index contributed by atoms with van der Waals surface area (Å²) in [4.78, 5) is 22.9. The predicted molar refractivity (Wildman–Crippen MR) is 139 cm³/mol. The van der Waals surface area contributed by atoms with Gasteiger partial charge in [-0.05, 0) is 43.8 Å². The number of rotatable bonds is 10. The summed E-state index contributed by atoms with van der Waals surface area (Å²) in [7, 11) is 1.62. The highest BCUT2D eigenvalue weighted by Gasteiger charge is 2.30. The van der Waals surface area contributed by atoms with Gasteiger partial charge in [-0.2, -0.15) is 0 Å². The first-order valence-electron chi connectivity index (χ1n) is 11.6. The van der Waals surface area contributed by atoms with Gasteiger partial charge in [0.25, 0.3) is 5.91 Å². The second-order valence-corrected chi connectivity index (χ2v) is 9.51. The van der Waals surface area contributed by atoms with Crippen molar-refractivity contribution < 1.29 is 14.3 Å². The summed E-state index contributed by atoms with van der Waals surface area (Å²) in [5.74, 6) is 1.29. The number of ether oxygens (including phenoxy) is 2. The van der Waals surface area contributed by atoms with Crippen LogP contribution in [0.15, 0.2) is 42.5 Å². The Labute approximate surface area is 210 Å². The molecular formula is C26H30ClN3O3S. The molecule has 0 spiro atoms. The normalized spacial score (nSPS) is 13.3. The number of nitrogens with zero attached hydrogens (tertiary/aromatic N) is 3. The largest absolute Gasteiger partial charge is 0.493 e. The summed E-state index contributed by atoms with van der Waals surface area (Å²) in [6.07, 6.45) is 1.65. The summed E-state index contributed by atoms with van der Waals surface area (Å²) in [5.41, 5.74) is 2.62. The molecule has 34 heavy (non-hydrogen) atoms. The number of hydrogen-bond acceptors (Lipinski definition) is 6. The SMILES string of the molecule is CCN(CC)CCCOc1ccc(N2CCc3nc(-c4ccc(Cl)cc4)sc3C2=O)cc1OC. The minimum absolute atomic E-state index is 0.0334. The van der Waals surface area contributed by atoms with E-state index in [4.69, 9.17) is 26.1 Å². The molecule has 1 aromatic heterocycles. The lowest BCUT2D eigenvalue weighted by Gasteiger charge is -2.26. The van der Waals surface area contributed by atoms with E-state index < -0.39 is 0 Å². The van der Waals surface area contributed by atoms with E-state index >= 15 is 0 Å². The average Bonchev–Trinajstić information content (AvgIpc) is 3.30. The van der Waals surface area contributed by atoms with E-state index in [1.807, 2.05) is 42.5 Å². The summed E-state index contributed by atoms with van der Waals surface area (Å²) in [6.45, 7) is 8.62. The van der Waals surface area contributed by atoms with Crippen molar-refractivity contribution in [3.8, 4) is 22.1 Å².